The van der Waals surface area contributed by atoms with Gasteiger partial charge in [-0.15, -0.1) is 0 Å². The van der Waals surface area contributed by atoms with Crippen molar-refractivity contribution in [1.82, 2.24) is 0 Å². The van der Waals surface area contributed by atoms with Crippen molar-refractivity contribution < 1.29 is 13.9 Å². The first-order valence-corrected chi connectivity index (χ1v) is 6.81. The van der Waals surface area contributed by atoms with Crippen molar-refractivity contribution in [2.45, 2.75) is 6.61 Å². The number of esters is 1. The van der Waals surface area contributed by atoms with Gasteiger partial charge in [0.1, 0.15) is 18.0 Å². The molecule has 0 spiro atoms. The number of carbonyl (C=O) groups is 1. The van der Waals surface area contributed by atoms with Gasteiger partial charge in [-0.2, -0.15) is 0 Å². The summed E-state index contributed by atoms with van der Waals surface area (Å²) in [7, 11) is 0. The van der Waals surface area contributed by atoms with E-state index in [-0.39, 0.29) is 28.7 Å². The first-order chi connectivity index (χ1) is 9.49. The molecular formula is C14H10BrClFNO2. The Morgan fingerprint density at radius 1 is 1.35 bits per heavy atom. The standard InChI is InChI=1S/C14H10BrClFNO2/c15-9-6-8(4-5-11(9)17)7-20-14(19)13-10(16)2-1-3-12(13)18/h1-6H,7,18H2. The molecule has 0 aliphatic heterocycles. The van der Waals surface area contributed by atoms with Gasteiger partial charge in [-0.05, 0) is 45.8 Å². The second-order valence-corrected chi connectivity index (χ2v) is 5.29. The average Bonchev–Trinajstić information content (AvgIpc) is 2.40. The smallest absolute Gasteiger partial charge is 0.342 e. The summed E-state index contributed by atoms with van der Waals surface area (Å²) in [5.41, 5.74) is 6.73. The number of hydrogen-bond acceptors (Lipinski definition) is 3. The first kappa shape index (κ1) is 14.8. The third-order valence-electron chi connectivity index (χ3n) is 2.60. The summed E-state index contributed by atoms with van der Waals surface area (Å²) in [6, 6.07) is 9.13. The van der Waals surface area contributed by atoms with Crippen LogP contribution in [-0.4, -0.2) is 5.97 Å². The maximum Gasteiger partial charge on any atom is 0.342 e. The Kier molecular flexibility index (Phi) is 4.62. The third-order valence-corrected chi connectivity index (χ3v) is 3.53. The van der Waals surface area contributed by atoms with Crippen LogP contribution in [0.4, 0.5) is 10.1 Å². The lowest BCUT2D eigenvalue weighted by Gasteiger charge is -2.09. The summed E-state index contributed by atoms with van der Waals surface area (Å²) in [6.45, 7) is 0.00236. The highest BCUT2D eigenvalue weighted by atomic mass is 79.9. The van der Waals surface area contributed by atoms with Crippen molar-refractivity contribution in [1.29, 1.82) is 0 Å². The Morgan fingerprint density at radius 3 is 2.75 bits per heavy atom. The Labute approximate surface area is 128 Å². The molecule has 0 saturated carbocycles. The van der Waals surface area contributed by atoms with Crippen molar-refractivity contribution in [3.8, 4) is 0 Å². The second kappa shape index (κ2) is 6.24. The van der Waals surface area contributed by atoms with Crippen molar-refractivity contribution >= 4 is 39.2 Å². The molecule has 2 aromatic carbocycles. The van der Waals surface area contributed by atoms with Crippen LogP contribution in [0.5, 0.6) is 0 Å². The van der Waals surface area contributed by atoms with Crippen molar-refractivity contribution in [3.63, 3.8) is 0 Å². The summed E-state index contributed by atoms with van der Waals surface area (Å²) >= 11 is 8.98. The molecule has 2 N–H and O–H groups in total. The van der Waals surface area contributed by atoms with E-state index >= 15 is 0 Å². The molecule has 20 heavy (non-hydrogen) atoms. The number of anilines is 1. The molecule has 0 amide bonds. The fraction of sp³-hybridized carbons (Fsp3) is 0.0714. The Morgan fingerprint density at radius 2 is 2.10 bits per heavy atom. The highest BCUT2D eigenvalue weighted by molar-refractivity contribution is 9.10. The van der Waals surface area contributed by atoms with Crippen LogP contribution in [0.25, 0.3) is 0 Å². The zero-order valence-electron chi connectivity index (χ0n) is 10.2. The third kappa shape index (κ3) is 3.29. The number of carbonyl (C=O) groups excluding carboxylic acids is 1. The van der Waals surface area contributed by atoms with Crippen molar-refractivity contribution in [3.05, 3.63) is 62.8 Å². The topological polar surface area (TPSA) is 52.3 Å². The largest absolute Gasteiger partial charge is 0.457 e. The molecule has 104 valence electrons. The second-order valence-electron chi connectivity index (χ2n) is 4.03. The Hall–Kier alpha value is -1.59. The quantitative estimate of drug-likeness (QED) is 0.661. The summed E-state index contributed by atoms with van der Waals surface area (Å²) in [4.78, 5) is 11.9. The normalized spacial score (nSPS) is 10.3. The SMILES string of the molecule is Nc1cccc(Cl)c1C(=O)OCc1ccc(F)c(Br)c1. The molecular weight excluding hydrogens is 349 g/mol. The van der Waals surface area contributed by atoms with Crippen LogP contribution in [0.3, 0.4) is 0 Å². The van der Waals surface area contributed by atoms with E-state index < -0.39 is 5.97 Å². The zero-order chi connectivity index (χ0) is 14.7. The van der Waals surface area contributed by atoms with Crippen LogP contribution in [0.1, 0.15) is 15.9 Å². The molecule has 2 aromatic rings. The van der Waals surface area contributed by atoms with Gasteiger partial charge >= 0.3 is 5.97 Å². The first-order valence-electron chi connectivity index (χ1n) is 5.64. The van der Waals surface area contributed by atoms with Crippen LogP contribution in [0.2, 0.25) is 5.02 Å². The molecule has 0 fully saturated rings. The van der Waals surface area contributed by atoms with Gasteiger partial charge in [0.05, 0.1) is 9.50 Å². The van der Waals surface area contributed by atoms with E-state index in [4.69, 9.17) is 22.1 Å². The highest BCUT2D eigenvalue weighted by Gasteiger charge is 2.15. The van der Waals surface area contributed by atoms with E-state index in [9.17, 15) is 9.18 Å². The van der Waals surface area contributed by atoms with Gasteiger partial charge < -0.3 is 10.5 Å². The molecule has 0 bridgehead atoms. The molecule has 0 saturated heterocycles. The number of halogens is 3. The van der Waals surface area contributed by atoms with Gasteiger partial charge in [-0.25, -0.2) is 9.18 Å². The maximum atomic E-state index is 13.1. The number of hydrogen-bond donors (Lipinski definition) is 1. The molecule has 3 nitrogen and oxygen atoms in total. The molecule has 0 unspecified atom stereocenters. The van der Waals surface area contributed by atoms with Crippen molar-refractivity contribution in [2.24, 2.45) is 0 Å². The Balaban J connectivity index is 2.11. The average molecular weight is 359 g/mol. The van der Waals surface area contributed by atoms with Gasteiger partial charge in [-0.1, -0.05) is 23.7 Å². The number of benzene rings is 2. The maximum absolute atomic E-state index is 13.1. The minimum absolute atomic E-state index is 0.00236. The van der Waals surface area contributed by atoms with E-state index in [2.05, 4.69) is 15.9 Å². The van der Waals surface area contributed by atoms with E-state index in [0.717, 1.165) is 0 Å². The van der Waals surface area contributed by atoms with E-state index in [1.165, 1.54) is 12.1 Å². The number of nitrogens with two attached hydrogens (primary N) is 1. The molecule has 0 radical (unpaired) electrons. The Bertz CT molecular complexity index is 643. The summed E-state index contributed by atoms with van der Waals surface area (Å²) in [5, 5.41) is 0.232. The molecule has 2 rings (SSSR count). The van der Waals surface area contributed by atoms with E-state index in [0.29, 0.717) is 10.0 Å². The van der Waals surface area contributed by atoms with Crippen LogP contribution in [-0.2, 0) is 11.3 Å². The van der Waals surface area contributed by atoms with Gasteiger partial charge in [0, 0.05) is 5.69 Å². The predicted octanol–water partition coefficient (Wildman–Crippen LogP) is 4.18. The summed E-state index contributed by atoms with van der Waals surface area (Å²) in [6.07, 6.45) is 0. The number of ether oxygens (including phenoxy) is 1. The molecule has 0 aliphatic rings. The van der Waals surface area contributed by atoms with Gasteiger partial charge in [0.2, 0.25) is 0 Å². The summed E-state index contributed by atoms with van der Waals surface area (Å²) < 4.78 is 18.5. The van der Waals surface area contributed by atoms with Gasteiger partial charge in [-0.3, -0.25) is 0 Å². The zero-order valence-corrected chi connectivity index (χ0v) is 12.5. The minimum atomic E-state index is -0.617. The van der Waals surface area contributed by atoms with E-state index in [1.807, 2.05) is 0 Å². The van der Waals surface area contributed by atoms with Gasteiger partial charge in [0.15, 0.2) is 0 Å². The van der Waals surface area contributed by atoms with Crippen LogP contribution >= 0.6 is 27.5 Å². The molecule has 0 aliphatic carbocycles. The lowest BCUT2D eigenvalue weighted by atomic mass is 10.2. The van der Waals surface area contributed by atoms with E-state index in [1.54, 1.807) is 24.3 Å². The molecule has 0 aromatic heterocycles. The van der Waals surface area contributed by atoms with Gasteiger partial charge in [0.25, 0.3) is 0 Å². The van der Waals surface area contributed by atoms with Crippen LogP contribution < -0.4 is 5.73 Å². The number of nitrogen functional groups attached to an aromatic ring is 1. The van der Waals surface area contributed by atoms with Crippen LogP contribution in [0, 0.1) is 5.82 Å². The highest BCUT2D eigenvalue weighted by Crippen LogP contribution is 2.23. The molecule has 0 heterocycles. The van der Waals surface area contributed by atoms with Crippen LogP contribution in [0.15, 0.2) is 40.9 Å². The minimum Gasteiger partial charge on any atom is -0.457 e. The predicted molar refractivity (Wildman–Crippen MR) is 79.1 cm³/mol. The van der Waals surface area contributed by atoms with Crippen molar-refractivity contribution in [2.75, 3.05) is 5.73 Å². The monoisotopic (exact) mass is 357 g/mol. The lowest BCUT2D eigenvalue weighted by Crippen LogP contribution is -2.09. The fourth-order valence-electron chi connectivity index (χ4n) is 1.61. The summed E-state index contributed by atoms with van der Waals surface area (Å²) in [5.74, 6) is -0.996. The molecule has 6 heteroatoms. The molecule has 0 atom stereocenters. The fourth-order valence-corrected chi connectivity index (χ4v) is 2.29. The number of rotatable bonds is 3. The lowest BCUT2D eigenvalue weighted by molar-refractivity contribution is 0.0474.